The molecule has 3 heterocycles. The summed E-state index contributed by atoms with van der Waals surface area (Å²) in [5.74, 6) is 2.95. The Bertz CT molecular complexity index is 1100. The van der Waals surface area contributed by atoms with E-state index in [1.54, 1.807) is 0 Å². The molecule has 150 valence electrons. The highest BCUT2D eigenvalue weighted by Crippen LogP contribution is 2.40. The summed E-state index contributed by atoms with van der Waals surface area (Å²) in [4.78, 5) is 23.9. The van der Waals surface area contributed by atoms with Gasteiger partial charge in [0.15, 0.2) is 11.5 Å². The second-order valence-corrected chi connectivity index (χ2v) is 8.66. The first-order chi connectivity index (χ1) is 14.1. The van der Waals surface area contributed by atoms with E-state index in [1.165, 1.54) is 24.2 Å². The van der Waals surface area contributed by atoms with Gasteiger partial charge < -0.3 is 14.8 Å². The lowest BCUT2D eigenvalue weighted by molar-refractivity contribution is 0.0957. The molecule has 29 heavy (non-hydrogen) atoms. The third-order valence-corrected chi connectivity index (χ3v) is 6.63. The van der Waals surface area contributed by atoms with Gasteiger partial charge in [-0.2, -0.15) is 0 Å². The Kier molecular flexibility index (Phi) is 4.62. The molecule has 0 saturated heterocycles. The lowest BCUT2D eigenvalue weighted by Crippen LogP contribution is -2.25. The van der Waals surface area contributed by atoms with Crippen LogP contribution in [0.25, 0.3) is 10.2 Å². The smallest absolute Gasteiger partial charge is 0.261 e. The van der Waals surface area contributed by atoms with E-state index in [0.29, 0.717) is 25.7 Å². The Morgan fingerprint density at radius 3 is 2.76 bits per heavy atom. The topological polar surface area (TPSA) is 73.3 Å². The molecule has 1 aliphatic heterocycles. The number of hydrogen-bond acceptors (Lipinski definition) is 6. The molecule has 6 nitrogen and oxygen atoms in total. The lowest BCUT2D eigenvalue weighted by Gasteiger charge is -2.18. The summed E-state index contributed by atoms with van der Waals surface area (Å²) in [7, 11) is 0. The van der Waals surface area contributed by atoms with Crippen molar-refractivity contribution >= 4 is 27.5 Å². The summed E-state index contributed by atoms with van der Waals surface area (Å²) >= 11 is 1.47. The molecule has 1 saturated carbocycles. The number of rotatable bonds is 5. The first-order valence-electron chi connectivity index (χ1n) is 10.0. The van der Waals surface area contributed by atoms with Gasteiger partial charge in [-0.15, -0.1) is 11.3 Å². The third-order valence-electron chi connectivity index (χ3n) is 5.44. The highest BCUT2D eigenvalue weighted by molar-refractivity contribution is 7.20. The fourth-order valence-corrected chi connectivity index (χ4v) is 4.90. The van der Waals surface area contributed by atoms with Crippen molar-refractivity contribution in [3.8, 4) is 11.5 Å². The van der Waals surface area contributed by atoms with Crippen molar-refractivity contribution in [1.29, 1.82) is 0 Å². The minimum Gasteiger partial charge on any atom is -0.486 e. The molecule has 5 rings (SSSR count). The molecule has 1 N–H and O–H groups in total. The zero-order chi connectivity index (χ0) is 20.0. The average Bonchev–Trinajstić information content (AvgIpc) is 3.51. The van der Waals surface area contributed by atoms with Crippen LogP contribution in [-0.2, 0) is 6.42 Å². The molecule has 1 aromatic carbocycles. The van der Waals surface area contributed by atoms with Gasteiger partial charge in [0.2, 0.25) is 0 Å². The van der Waals surface area contributed by atoms with Crippen LogP contribution in [-0.4, -0.2) is 35.6 Å². The maximum Gasteiger partial charge on any atom is 0.261 e. The number of nitrogens with one attached hydrogen (secondary N) is 1. The normalized spacial score (nSPS) is 15.5. The van der Waals surface area contributed by atoms with Crippen molar-refractivity contribution in [2.75, 3.05) is 19.8 Å². The van der Waals surface area contributed by atoms with E-state index in [4.69, 9.17) is 14.5 Å². The SMILES string of the molecule is Cc1nc(C2CC2)nc2sc(C(=O)NCCc3ccc4c(c3)OCCO4)c(C)c12. The van der Waals surface area contributed by atoms with Crippen LogP contribution in [0.1, 0.15) is 51.1 Å². The summed E-state index contributed by atoms with van der Waals surface area (Å²) in [6, 6.07) is 5.94. The molecule has 1 aliphatic carbocycles. The van der Waals surface area contributed by atoms with Gasteiger partial charge in [0.05, 0.1) is 10.6 Å². The van der Waals surface area contributed by atoms with Crippen molar-refractivity contribution in [1.82, 2.24) is 15.3 Å². The number of aryl methyl sites for hydroxylation is 2. The first-order valence-corrected chi connectivity index (χ1v) is 10.9. The van der Waals surface area contributed by atoms with E-state index in [0.717, 1.165) is 55.7 Å². The Balaban J connectivity index is 1.29. The van der Waals surface area contributed by atoms with E-state index in [-0.39, 0.29) is 5.91 Å². The minimum absolute atomic E-state index is 0.0459. The van der Waals surface area contributed by atoms with Crippen LogP contribution >= 0.6 is 11.3 Å². The van der Waals surface area contributed by atoms with Crippen molar-refractivity contribution in [3.05, 3.63) is 45.7 Å². The van der Waals surface area contributed by atoms with Gasteiger partial charge in [0, 0.05) is 17.8 Å². The number of thiophene rings is 1. The lowest BCUT2D eigenvalue weighted by atomic mass is 10.1. The standard InChI is InChI=1S/C22H23N3O3S/c1-12-18-13(2)24-20(15-4-5-15)25-22(18)29-19(12)21(26)23-8-7-14-3-6-16-17(11-14)28-10-9-27-16/h3,6,11,15H,4-5,7-10H2,1-2H3,(H,23,26). The fraction of sp³-hybridized carbons (Fsp3) is 0.409. The van der Waals surface area contributed by atoms with Crippen LogP contribution in [0, 0.1) is 13.8 Å². The molecule has 0 spiro atoms. The highest BCUT2D eigenvalue weighted by atomic mass is 32.1. The van der Waals surface area contributed by atoms with E-state index < -0.39 is 0 Å². The van der Waals surface area contributed by atoms with Gasteiger partial charge in [-0.3, -0.25) is 4.79 Å². The average molecular weight is 410 g/mol. The predicted octanol–water partition coefficient (Wildman–Crippen LogP) is 3.93. The molecule has 2 aliphatic rings. The molecule has 1 fully saturated rings. The molecule has 0 unspecified atom stereocenters. The third kappa shape index (κ3) is 3.55. The van der Waals surface area contributed by atoms with Crippen LogP contribution in [0.3, 0.4) is 0 Å². The number of hydrogen-bond donors (Lipinski definition) is 1. The highest BCUT2D eigenvalue weighted by Gasteiger charge is 2.28. The second kappa shape index (κ2) is 7.30. The summed E-state index contributed by atoms with van der Waals surface area (Å²) < 4.78 is 11.2. The summed E-state index contributed by atoms with van der Waals surface area (Å²) in [6.07, 6.45) is 3.07. The predicted molar refractivity (Wildman–Crippen MR) is 112 cm³/mol. The maximum absolute atomic E-state index is 12.8. The fourth-order valence-electron chi connectivity index (χ4n) is 3.74. The zero-order valence-electron chi connectivity index (χ0n) is 16.6. The number of fused-ring (bicyclic) bond motifs is 2. The molecule has 0 radical (unpaired) electrons. The molecular formula is C22H23N3O3S. The number of nitrogens with zero attached hydrogens (tertiary/aromatic N) is 2. The van der Waals surface area contributed by atoms with E-state index in [9.17, 15) is 4.79 Å². The number of benzene rings is 1. The maximum atomic E-state index is 12.8. The van der Waals surface area contributed by atoms with Gasteiger partial charge in [-0.25, -0.2) is 9.97 Å². The van der Waals surface area contributed by atoms with Gasteiger partial charge in [0.1, 0.15) is 23.9 Å². The van der Waals surface area contributed by atoms with E-state index in [2.05, 4.69) is 10.3 Å². The van der Waals surface area contributed by atoms with Gasteiger partial charge in [0.25, 0.3) is 5.91 Å². The van der Waals surface area contributed by atoms with Gasteiger partial charge >= 0.3 is 0 Å². The molecule has 1 amide bonds. The van der Waals surface area contributed by atoms with Crippen LogP contribution in [0.15, 0.2) is 18.2 Å². The Labute approximate surface area is 173 Å². The first kappa shape index (κ1) is 18.4. The summed E-state index contributed by atoms with van der Waals surface area (Å²) in [6.45, 7) is 5.72. The van der Waals surface area contributed by atoms with Gasteiger partial charge in [-0.1, -0.05) is 6.07 Å². The Morgan fingerprint density at radius 2 is 1.97 bits per heavy atom. The van der Waals surface area contributed by atoms with Crippen molar-refractivity contribution in [3.63, 3.8) is 0 Å². The summed E-state index contributed by atoms with van der Waals surface area (Å²) in [5.41, 5.74) is 3.06. The molecule has 0 bridgehead atoms. The second-order valence-electron chi connectivity index (χ2n) is 7.66. The Morgan fingerprint density at radius 1 is 1.17 bits per heavy atom. The van der Waals surface area contributed by atoms with Crippen LogP contribution in [0.4, 0.5) is 0 Å². The molecular weight excluding hydrogens is 386 g/mol. The number of aromatic nitrogens is 2. The molecule has 7 heteroatoms. The summed E-state index contributed by atoms with van der Waals surface area (Å²) in [5, 5.41) is 4.07. The molecule has 2 aromatic heterocycles. The number of ether oxygens (including phenoxy) is 2. The van der Waals surface area contributed by atoms with Gasteiger partial charge in [-0.05, 0) is 56.4 Å². The molecule has 3 aromatic rings. The minimum atomic E-state index is -0.0459. The van der Waals surface area contributed by atoms with Crippen LogP contribution in [0.5, 0.6) is 11.5 Å². The largest absolute Gasteiger partial charge is 0.486 e. The number of carbonyl (C=O) groups excluding carboxylic acids is 1. The number of carbonyl (C=O) groups is 1. The van der Waals surface area contributed by atoms with Crippen molar-refractivity contribution < 1.29 is 14.3 Å². The molecule has 0 atom stereocenters. The quantitative estimate of drug-likeness (QED) is 0.691. The van der Waals surface area contributed by atoms with E-state index >= 15 is 0 Å². The van der Waals surface area contributed by atoms with E-state index in [1.807, 2.05) is 32.0 Å². The van der Waals surface area contributed by atoms with Crippen molar-refractivity contribution in [2.45, 2.75) is 39.0 Å². The van der Waals surface area contributed by atoms with Crippen LogP contribution in [0.2, 0.25) is 0 Å². The monoisotopic (exact) mass is 409 g/mol. The van der Waals surface area contributed by atoms with Crippen molar-refractivity contribution in [2.24, 2.45) is 0 Å². The Hall–Kier alpha value is -2.67. The zero-order valence-corrected chi connectivity index (χ0v) is 17.4. The van der Waals surface area contributed by atoms with Crippen LogP contribution < -0.4 is 14.8 Å². The number of amides is 1.